The van der Waals surface area contributed by atoms with Gasteiger partial charge in [0.25, 0.3) is 0 Å². The second kappa shape index (κ2) is 4.44. The topological polar surface area (TPSA) is 34.1 Å². The molecular weight excluding hydrogens is 132 g/mol. The number of carbonyl (C=O) groups is 2. The molecule has 0 saturated carbocycles. The second-order valence-electron chi connectivity index (χ2n) is 2.03. The maximum Gasteiger partial charge on any atom is 0.180 e. The SMILES string of the molecule is CC[SiH](CC)C(=O)C=O. The first-order chi connectivity index (χ1) is 4.26. The molecule has 0 spiro atoms. The largest absolute Gasteiger partial charge is 0.298 e. The van der Waals surface area contributed by atoms with Gasteiger partial charge in [0.15, 0.2) is 11.7 Å². The summed E-state index contributed by atoms with van der Waals surface area (Å²) in [6.07, 6.45) is 0.476. The molecule has 0 unspecified atom stereocenters. The van der Waals surface area contributed by atoms with E-state index in [1.165, 1.54) is 0 Å². The van der Waals surface area contributed by atoms with Gasteiger partial charge < -0.3 is 0 Å². The van der Waals surface area contributed by atoms with Crippen molar-refractivity contribution in [2.75, 3.05) is 0 Å². The van der Waals surface area contributed by atoms with Crippen LogP contribution in [0.25, 0.3) is 0 Å². The third-order valence-corrected chi connectivity index (χ3v) is 4.42. The van der Waals surface area contributed by atoms with Crippen molar-refractivity contribution in [2.45, 2.75) is 25.9 Å². The van der Waals surface area contributed by atoms with Gasteiger partial charge in [-0.15, -0.1) is 0 Å². The standard InChI is InChI=1S/C6H12O2Si/c1-3-9(4-2)6(8)5-7/h5,9H,3-4H2,1-2H3. The summed E-state index contributed by atoms with van der Waals surface area (Å²) in [6, 6.07) is 1.82. The molecule has 0 fully saturated rings. The first kappa shape index (κ1) is 8.56. The Morgan fingerprint density at radius 3 is 2.00 bits per heavy atom. The summed E-state index contributed by atoms with van der Waals surface area (Å²) < 4.78 is 0. The van der Waals surface area contributed by atoms with E-state index in [1.807, 2.05) is 13.8 Å². The second-order valence-corrected chi connectivity index (χ2v) is 5.63. The minimum Gasteiger partial charge on any atom is -0.298 e. The Balaban J connectivity index is 3.78. The molecule has 0 saturated heterocycles. The number of rotatable bonds is 4. The van der Waals surface area contributed by atoms with E-state index in [9.17, 15) is 9.59 Å². The molecule has 0 aliphatic carbocycles. The molecule has 0 atom stereocenters. The van der Waals surface area contributed by atoms with Gasteiger partial charge in [0.05, 0.1) is 0 Å². The summed E-state index contributed by atoms with van der Waals surface area (Å²) in [5.41, 5.74) is 0. The Morgan fingerprint density at radius 2 is 1.89 bits per heavy atom. The zero-order valence-corrected chi connectivity index (χ0v) is 7.04. The Labute approximate surface area is 56.9 Å². The van der Waals surface area contributed by atoms with E-state index in [0.717, 1.165) is 12.1 Å². The van der Waals surface area contributed by atoms with Crippen LogP contribution in [0.2, 0.25) is 12.1 Å². The number of aldehydes is 1. The summed E-state index contributed by atoms with van der Waals surface area (Å²) in [4.78, 5) is 20.6. The third kappa shape index (κ3) is 2.55. The number of carbonyl (C=O) groups excluding carboxylic acids is 2. The first-order valence-electron chi connectivity index (χ1n) is 3.25. The average molecular weight is 144 g/mol. The van der Waals surface area contributed by atoms with E-state index in [2.05, 4.69) is 0 Å². The van der Waals surface area contributed by atoms with Gasteiger partial charge in [0.2, 0.25) is 0 Å². The maximum absolute atomic E-state index is 10.7. The lowest BCUT2D eigenvalue weighted by Gasteiger charge is -2.01. The van der Waals surface area contributed by atoms with E-state index < -0.39 is 8.80 Å². The summed E-state index contributed by atoms with van der Waals surface area (Å²) in [7, 11) is -1.29. The predicted molar refractivity (Wildman–Crippen MR) is 39.2 cm³/mol. The highest BCUT2D eigenvalue weighted by atomic mass is 28.3. The highest BCUT2D eigenvalue weighted by molar-refractivity contribution is 6.98. The molecule has 0 aromatic carbocycles. The van der Waals surface area contributed by atoms with Crippen LogP contribution in [0.5, 0.6) is 0 Å². The molecule has 52 valence electrons. The molecule has 0 aromatic heterocycles. The van der Waals surface area contributed by atoms with E-state index in [1.54, 1.807) is 0 Å². The van der Waals surface area contributed by atoms with Crippen LogP contribution in [0.3, 0.4) is 0 Å². The minimum atomic E-state index is -1.29. The molecule has 0 heterocycles. The summed E-state index contributed by atoms with van der Waals surface area (Å²) in [6.45, 7) is 3.95. The Hall–Kier alpha value is -0.443. The van der Waals surface area contributed by atoms with Gasteiger partial charge in [-0.25, -0.2) is 0 Å². The van der Waals surface area contributed by atoms with Crippen LogP contribution in [0.15, 0.2) is 0 Å². The van der Waals surface area contributed by atoms with E-state index >= 15 is 0 Å². The number of hydrogen-bond acceptors (Lipinski definition) is 2. The monoisotopic (exact) mass is 144 g/mol. The van der Waals surface area contributed by atoms with Crippen molar-refractivity contribution >= 4 is 20.5 Å². The fourth-order valence-electron chi connectivity index (χ4n) is 0.787. The maximum atomic E-state index is 10.7. The molecule has 3 heteroatoms. The van der Waals surface area contributed by atoms with Crippen LogP contribution < -0.4 is 0 Å². The van der Waals surface area contributed by atoms with E-state index in [4.69, 9.17) is 0 Å². The lowest BCUT2D eigenvalue weighted by molar-refractivity contribution is -0.125. The molecule has 0 N–H and O–H groups in total. The van der Waals surface area contributed by atoms with Crippen molar-refractivity contribution in [3.05, 3.63) is 0 Å². The van der Waals surface area contributed by atoms with E-state index in [0.29, 0.717) is 6.29 Å². The molecule has 0 rings (SSSR count). The average Bonchev–Trinajstić information content (AvgIpc) is 1.90. The zero-order chi connectivity index (χ0) is 7.28. The lowest BCUT2D eigenvalue weighted by atomic mass is 10.9. The molecule has 9 heavy (non-hydrogen) atoms. The summed E-state index contributed by atoms with van der Waals surface area (Å²) in [5, 5.41) is -0.125. The minimum absolute atomic E-state index is 0.125. The highest BCUT2D eigenvalue weighted by Crippen LogP contribution is 1.96. The molecule has 0 aromatic rings. The van der Waals surface area contributed by atoms with Gasteiger partial charge in [-0.2, -0.15) is 0 Å². The van der Waals surface area contributed by atoms with Gasteiger partial charge >= 0.3 is 0 Å². The van der Waals surface area contributed by atoms with Crippen molar-refractivity contribution in [3.63, 3.8) is 0 Å². The fraction of sp³-hybridized carbons (Fsp3) is 0.667. The fourth-order valence-corrected chi connectivity index (χ4v) is 2.36. The van der Waals surface area contributed by atoms with Crippen LogP contribution in [0.1, 0.15) is 13.8 Å². The van der Waals surface area contributed by atoms with Crippen molar-refractivity contribution in [1.29, 1.82) is 0 Å². The van der Waals surface area contributed by atoms with Gasteiger partial charge in [0.1, 0.15) is 8.80 Å². The van der Waals surface area contributed by atoms with Crippen molar-refractivity contribution in [2.24, 2.45) is 0 Å². The van der Waals surface area contributed by atoms with Gasteiger partial charge in [0, 0.05) is 0 Å². The molecule has 0 radical (unpaired) electrons. The van der Waals surface area contributed by atoms with Gasteiger partial charge in [-0.05, 0) is 0 Å². The molecule has 0 bridgehead atoms. The number of hydrogen-bond donors (Lipinski definition) is 0. The molecule has 2 nitrogen and oxygen atoms in total. The van der Waals surface area contributed by atoms with E-state index in [-0.39, 0.29) is 5.41 Å². The zero-order valence-electron chi connectivity index (χ0n) is 5.89. The van der Waals surface area contributed by atoms with Gasteiger partial charge in [-0.3, -0.25) is 9.59 Å². The predicted octanol–water partition coefficient (Wildman–Crippen LogP) is 0.560. The normalized spacial score (nSPS) is 9.67. The van der Waals surface area contributed by atoms with Crippen LogP contribution in [0.4, 0.5) is 0 Å². The summed E-state index contributed by atoms with van der Waals surface area (Å²) in [5.74, 6) is 0. The van der Waals surface area contributed by atoms with Crippen LogP contribution >= 0.6 is 0 Å². The van der Waals surface area contributed by atoms with Gasteiger partial charge in [-0.1, -0.05) is 25.9 Å². The van der Waals surface area contributed by atoms with Crippen LogP contribution in [-0.2, 0) is 9.59 Å². The van der Waals surface area contributed by atoms with Crippen molar-refractivity contribution in [3.8, 4) is 0 Å². The Morgan fingerprint density at radius 1 is 1.44 bits per heavy atom. The third-order valence-electron chi connectivity index (χ3n) is 1.50. The first-order valence-corrected chi connectivity index (χ1v) is 5.46. The van der Waals surface area contributed by atoms with Crippen LogP contribution in [0, 0.1) is 0 Å². The summed E-state index contributed by atoms with van der Waals surface area (Å²) >= 11 is 0. The highest BCUT2D eigenvalue weighted by Gasteiger charge is 2.13. The van der Waals surface area contributed by atoms with Crippen molar-refractivity contribution in [1.82, 2.24) is 0 Å². The molecular formula is C6H12O2Si. The smallest absolute Gasteiger partial charge is 0.180 e. The molecule has 0 amide bonds. The Bertz CT molecular complexity index is 108. The van der Waals surface area contributed by atoms with Crippen molar-refractivity contribution < 1.29 is 9.59 Å². The Kier molecular flexibility index (Phi) is 4.22. The molecule has 0 aliphatic rings. The quantitative estimate of drug-likeness (QED) is 0.328. The van der Waals surface area contributed by atoms with Crippen LogP contribution in [-0.4, -0.2) is 20.5 Å². The lowest BCUT2D eigenvalue weighted by Crippen LogP contribution is -2.24. The molecule has 0 aliphatic heterocycles.